The zero-order chi connectivity index (χ0) is 12.8. The quantitative estimate of drug-likeness (QED) is 0.869. The molecule has 1 aromatic heterocycles. The van der Waals surface area contributed by atoms with Crippen molar-refractivity contribution in [2.75, 3.05) is 13.7 Å². The molecule has 3 nitrogen and oxygen atoms in total. The van der Waals surface area contributed by atoms with Crippen molar-refractivity contribution in [3.63, 3.8) is 0 Å². The van der Waals surface area contributed by atoms with E-state index < -0.39 is 0 Å². The van der Waals surface area contributed by atoms with Crippen molar-refractivity contribution in [1.29, 1.82) is 0 Å². The van der Waals surface area contributed by atoms with Crippen molar-refractivity contribution < 1.29 is 4.74 Å². The van der Waals surface area contributed by atoms with Crippen molar-refractivity contribution in [2.45, 2.75) is 50.7 Å². The minimum atomic E-state index is -0.0508. The maximum atomic E-state index is 6.19. The molecule has 1 aromatic rings. The van der Waals surface area contributed by atoms with Crippen LogP contribution in [0.4, 0.5) is 0 Å². The number of nitrogens with one attached hydrogen (secondary N) is 1. The number of nitrogens with zero attached hydrogens (tertiary/aromatic N) is 1. The van der Waals surface area contributed by atoms with Crippen LogP contribution in [0.3, 0.4) is 0 Å². The maximum Gasteiger partial charge on any atom is 0.0876 e. The first-order valence-electron chi connectivity index (χ1n) is 7.03. The van der Waals surface area contributed by atoms with Crippen LogP contribution in [-0.2, 0) is 4.74 Å². The zero-order valence-electron chi connectivity index (χ0n) is 11.5. The first-order chi connectivity index (χ1) is 8.82. The molecule has 2 rings (SSSR count). The van der Waals surface area contributed by atoms with Crippen molar-refractivity contribution in [3.05, 3.63) is 30.1 Å². The minimum Gasteiger partial charge on any atom is -0.373 e. The molecule has 0 saturated heterocycles. The molecule has 1 heterocycles. The average Bonchev–Trinajstić information content (AvgIpc) is 2.42. The zero-order valence-corrected chi connectivity index (χ0v) is 11.5. The minimum absolute atomic E-state index is 0.0508. The van der Waals surface area contributed by atoms with Crippen LogP contribution in [0, 0.1) is 0 Å². The highest BCUT2D eigenvalue weighted by molar-refractivity contribution is 5.19. The molecule has 0 radical (unpaired) electrons. The van der Waals surface area contributed by atoms with Gasteiger partial charge in [-0.2, -0.15) is 0 Å². The van der Waals surface area contributed by atoms with E-state index >= 15 is 0 Å². The number of hydrogen-bond donors (Lipinski definition) is 1. The molecule has 1 aliphatic rings. The second-order valence-electron chi connectivity index (χ2n) is 5.07. The van der Waals surface area contributed by atoms with Crippen LogP contribution >= 0.6 is 0 Å². The van der Waals surface area contributed by atoms with Gasteiger partial charge in [0.1, 0.15) is 0 Å². The summed E-state index contributed by atoms with van der Waals surface area (Å²) in [7, 11) is 2.02. The maximum absolute atomic E-state index is 6.19. The SMILES string of the molecule is CCOC1(C(NC)c2cccnc2)CCCCC1. The van der Waals surface area contributed by atoms with Crippen molar-refractivity contribution in [1.82, 2.24) is 10.3 Å². The molecule has 1 fully saturated rings. The van der Waals surface area contributed by atoms with Gasteiger partial charge in [-0.25, -0.2) is 0 Å². The van der Waals surface area contributed by atoms with Gasteiger partial charge in [0, 0.05) is 19.0 Å². The molecule has 0 aromatic carbocycles. The summed E-state index contributed by atoms with van der Waals surface area (Å²) in [6.45, 7) is 2.87. The third kappa shape index (κ3) is 2.73. The molecule has 1 saturated carbocycles. The summed E-state index contributed by atoms with van der Waals surface area (Å²) in [4.78, 5) is 4.24. The van der Waals surface area contributed by atoms with E-state index in [1.165, 1.54) is 24.8 Å². The molecule has 0 spiro atoms. The molecular weight excluding hydrogens is 224 g/mol. The molecule has 18 heavy (non-hydrogen) atoms. The fraction of sp³-hybridized carbons (Fsp3) is 0.667. The van der Waals surface area contributed by atoms with Gasteiger partial charge >= 0.3 is 0 Å². The lowest BCUT2D eigenvalue weighted by molar-refractivity contribution is -0.0899. The molecule has 0 bridgehead atoms. The van der Waals surface area contributed by atoms with Crippen LogP contribution in [0.25, 0.3) is 0 Å². The Labute approximate surface area is 110 Å². The van der Waals surface area contributed by atoms with Gasteiger partial charge in [-0.3, -0.25) is 4.98 Å². The van der Waals surface area contributed by atoms with E-state index in [-0.39, 0.29) is 11.6 Å². The average molecular weight is 248 g/mol. The van der Waals surface area contributed by atoms with Gasteiger partial charge in [-0.15, -0.1) is 0 Å². The molecule has 100 valence electrons. The number of ether oxygens (including phenoxy) is 1. The summed E-state index contributed by atoms with van der Waals surface area (Å²) in [5, 5.41) is 3.45. The Balaban J connectivity index is 2.27. The molecule has 1 N–H and O–H groups in total. The van der Waals surface area contributed by atoms with Crippen molar-refractivity contribution in [3.8, 4) is 0 Å². The van der Waals surface area contributed by atoms with E-state index in [1.807, 2.05) is 25.5 Å². The summed E-state index contributed by atoms with van der Waals surface area (Å²) >= 11 is 0. The Hall–Kier alpha value is -0.930. The molecule has 3 heteroatoms. The Morgan fingerprint density at radius 2 is 2.17 bits per heavy atom. The number of rotatable bonds is 5. The summed E-state index contributed by atoms with van der Waals surface area (Å²) in [6, 6.07) is 4.39. The molecule has 1 atom stereocenters. The van der Waals surface area contributed by atoms with Crippen LogP contribution < -0.4 is 5.32 Å². The van der Waals surface area contributed by atoms with E-state index in [9.17, 15) is 0 Å². The van der Waals surface area contributed by atoms with E-state index in [0.717, 1.165) is 19.4 Å². The lowest BCUT2D eigenvalue weighted by atomic mass is 9.77. The highest BCUT2D eigenvalue weighted by Crippen LogP contribution is 2.41. The Bertz CT molecular complexity index is 341. The lowest BCUT2D eigenvalue weighted by Gasteiger charge is -2.43. The first kappa shape index (κ1) is 13.5. The Kier molecular flexibility index (Phi) is 4.72. The van der Waals surface area contributed by atoms with Gasteiger partial charge in [0.25, 0.3) is 0 Å². The summed E-state index contributed by atoms with van der Waals surface area (Å²) < 4.78 is 6.19. The van der Waals surface area contributed by atoms with Crippen LogP contribution in [0.2, 0.25) is 0 Å². The van der Waals surface area contributed by atoms with E-state index in [2.05, 4.69) is 23.3 Å². The van der Waals surface area contributed by atoms with E-state index in [4.69, 9.17) is 4.74 Å². The number of likely N-dealkylation sites (N-methyl/N-ethyl adjacent to an activating group) is 1. The third-order valence-electron chi connectivity index (χ3n) is 3.96. The van der Waals surface area contributed by atoms with Gasteiger partial charge in [0.2, 0.25) is 0 Å². The van der Waals surface area contributed by atoms with E-state index in [0.29, 0.717) is 0 Å². The van der Waals surface area contributed by atoms with Gasteiger partial charge in [-0.1, -0.05) is 25.3 Å². The highest BCUT2D eigenvalue weighted by atomic mass is 16.5. The molecule has 0 amide bonds. The first-order valence-corrected chi connectivity index (χ1v) is 7.03. The Morgan fingerprint density at radius 1 is 1.39 bits per heavy atom. The summed E-state index contributed by atoms with van der Waals surface area (Å²) in [5.74, 6) is 0. The van der Waals surface area contributed by atoms with Gasteiger partial charge in [0.05, 0.1) is 11.6 Å². The summed E-state index contributed by atoms with van der Waals surface area (Å²) in [6.07, 6.45) is 9.92. The normalized spacial score (nSPS) is 20.6. The topological polar surface area (TPSA) is 34.1 Å². The monoisotopic (exact) mass is 248 g/mol. The van der Waals surface area contributed by atoms with Gasteiger partial charge < -0.3 is 10.1 Å². The number of pyridine rings is 1. The van der Waals surface area contributed by atoms with Gasteiger partial charge in [0.15, 0.2) is 0 Å². The third-order valence-corrected chi connectivity index (χ3v) is 3.96. The highest BCUT2D eigenvalue weighted by Gasteiger charge is 2.40. The van der Waals surface area contributed by atoms with Gasteiger partial charge in [-0.05, 0) is 38.4 Å². The number of aromatic nitrogens is 1. The second kappa shape index (κ2) is 6.30. The van der Waals surface area contributed by atoms with Crippen LogP contribution in [0.1, 0.15) is 50.6 Å². The Morgan fingerprint density at radius 3 is 2.72 bits per heavy atom. The van der Waals surface area contributed by atoms with Crippen molar-refractivity contribution in [2.24, 2.45) is 0 Å². The largest absolute Gasteiger partial charge is 0.373 e. The van der Waals surface area contributed by atoms with Crippen LogP contribution in [0.5, 0.6) is 0 Å². The predicted molar refractivity (Wildman–Crippen MR) is 73.5 cm³/mol. The number of hydrogen-bond acceptors (Lipinski definition) is 3. The van der Waals surface area contributed by atoms with Crippen LogP contribution in [-0.4, -0.2) is 24.2 Å². The second-order valence-corrected chi connectivity index (χ2v) is 5.07. The molecule has 1 unspecified atom stereocenters. The van der Waals surface area contributed by atoms with Crippen molar-refractivity contribution >= 4 is 0 Å². The molecule has 1 aliphatic carbocycles. The van der Waals surface area contributed by atoms with E-state index in [1.54, 1.807) is 0 Å². The predicted octanol–water partition coefficient (Wildman–Crippen LogP) is 3.08. The standard InChI is InChI=1S/C15H24N2O/c1-3-18-15(9-5-4-6-10-15)14(16-2)13-8-7-11-17-12-13/h7-8,11-12,14,16H,3-6,9-10H2,1-2H3. The van der Waals surface area contributed by atoms with Crippen LogP contribution in [0.15, 0.2) is 24.5 Å². The fourth-order valence-corrected chi connectivity index (χ4v) is 3.23. The smallest absolute Gasteiger partial charge is 0.0876 e. The molecular formula is C15H24N2O. The summed E-state index contributed by atoms with van der Waals surface area (Å²) in [5.41, 5.74) is 1.18. The molecule has 0 aliphatic heterocycles. The lowest BCUT2D eigenvalue weighted by Crippen LogP contribution is -2.46. The fourth-order valence-electron chi connectivity index (χ4n) is 3.23.